The van der Waals surface area contributed by atoms with E-state index in [0.29, 0.717) is 25.3 Å². The van der Waals surface area contributed by atoms with E-state index >= 15 is 0 Å². The van der Waals surface area contributed by atoms with E-state index in [2.05, 4.69) is 10.6 Å². The predicted octanol–water partition coefficient (Wildman–Crippen LogP) is 0.884. The molecule has 1 aliphatic heterocycles. The van der Waals surface area contributed by atoms with Gasteiger partial charge < -0.3 is 21.1 Å². The van der Waals surface area contributed by atoms with Gasteiger partial charge in [-0.3, -0.25) is 9.59 Å². The molecule has 120 valence electrons. The molecular weight excluding hydrogens is 282 g/mol. The molecule has 2 amide bonds. The minimum atomic E-state index is -1.01. The van der Waals surface area contributed by atoms with Gasteiger partial charge in [-0.15, -0.1) is 0 Å². The van der Waals surface area contributed by atoms with Crippen LogP contribution in [0.1, 0.15) is 20.3 Å². The van der Waals surface area contributed by atoms with E-state index < -0.39 is 5.54 Å². The third-order valence-electron chi connectivity index (χ3n) is 3.75. The van der Waals surface area contributed by atoms with Crippen molar-refractivity contribution in [1.29, 1.82) is 0 Å². The maximum atomic E-state index is 12.3. The standard InChI is InChI=1S/C16H23N3O3/c1-16(2,15(21)18-12-6-4-3-5-7-12)19-14(20)11-8-13(9-17)22-10-11/h3-7,11,13H,8-10,17H2,1-2H3,(H,18,21)(H,19,20). The number of ether oxygens (including phenoxy) is 1. The quantitative estimate of drug-likeness (QED) is 0.753. The molecule has 22 heavy (non-hydrogen) atoms. The molecule has 1 heterocycles. The molecule has 0 aliphatic carbocycles. The Labute approximate surface area is 130 Å². The lowest BCUT2D eigenvalue weighted by Gasteiger charge is -2.26. The van der Waals surface area contributed by atoms with E-state index in [1.807, 2.05) is 18.2 Å². The molecule has 2 rings (SSSR count). The topological polar surface area (TPSA) is 93.4 Å². The summed E-state index contributed by atoms with van der Waals surface area (Å²) in [5, 5.41) is 5.58. The molecule has 1 fully saturated rings. The maximum Gasteiger partial charge on any atom is 0.249 e. The molecule has 1 saturated heterocycles. The molecule has 1 aromatic carbocycles. The first-order valence-electron chi connectivity index (χ1n) is 7.42. The van der Waals surface area contributed by atoms with Crippen LogP contribution in [0.2, 0.25) is 0 Å². The number of nitrogens with one attached hydrogen (secondary N) is 2. The summed E-state index contributed by atoms with van der Waals surface area (Å²) >= 11 is 0. The molecule has 4 N–H and O–H groups in total. The van der Waals surface area contributed by atoms with Crippen molar-refractivity contribution < 1.29 is 14.3 Å². The molecule has 6 heteroatoms. The lowest BCUT2D eigenvalue weighted by Crippen LogP contribution is -2.54. The van der Waals surface area contributed by atoms with Crippen LogP contribution in [0.3, 0.4) is 0 Å². The highest BCUT2D eigenvalue weighted by Crippen LogP contribution is 2.20. The van der Waals surface area contributed by atoms with Gasteiger partial charge in [-0.25, -0.2) is 0 Å². The van der Waals surface area contributed by atoms with Gasteiger partial charge in [0, 0.05) is 12.2 Å². The first-order chi connectivity index (χ1) is 10.4. The van der Waals surface area contributed by atoms with Crippen LogP contribution in [0.5, 0.6) is 0 Å². The number of anilines is 1. The van der Waals surface area contributed by atoms with Crippen LogP contribution in [0.15, 0.2) is 30.3 Å². The second-order valence-electron chi connectivity index (χ2n) is 6.06. The Morgan fingerprint density at radius 1 is 1.32 bits per heavy atom. The zero-order valence-corrected chi connectivity index (χ0v) is 13.0. The van der Waals surface area contributed by atoms with Gasteiger partial charge in [-0.2, -0.15) is 0 Å². The fourth-order valence-corrected chi connectivity index (χ4v) is 2.33. The summed E-state index contributed by atoms with van der Waals surface area (Å²) in [4.78, 5) is 24.6. The summed E-state index contributed by atoms with van der Waals surface area (Å²) < 4.78 is 5.42. The molecule has 1 aliphatic rings. The van der Waals surface area contributed by atoms with Crippen LogP contribution in [0.4, 0.5) is 5.69 Å². The van der Waals surface area contributed by atoms with E-state index in [-0.39, 0.29) is 23.8 Å². The Kier molecular flexibility index (Phi) is 5.15. The second kappa shape index (κ2) is 6.89. The summed E-state index contributed by atoms with van der Waals surface area (Å²) in [7, 11) is 0. The molecule has 2 unspecified atom stereocenters. The van der Waals surface area contributed by atoms with Crippen molar-refractivity contribution in [3.63, 3.8) is 0 Å². The van der Waals surface area contributed by atoms with Gasteiger partial charge in [0.05, 0.1) is 18.6 Å². The number of carbonyl (C=O) groups is 2. The van der Waals surface area contributed by atoms with Gasteiger partial charge in [0.25, 0.3) is 0 Å². The van der Waals surface area contributed by atoms with Gasteiger partial charge >= 0.3 is 0 Å². The van der Waals surface area contributed by atoms with E-state index in [0.717, 1.165) is 0 Å². The normalized spacial score (nSPS) is 21.4. The summed E-state index contributed by atoms with van der Waals surface area (Å²) in [6, 6.07) is 9.14. The van der Waals surface area contributed by atoms with E-state index in [1.165, 1.54) is 0 Å². The van der Waals surface area contributed by atoms with E-state index in [4.69, 9.17) is 10.5 Å². The zero-order valence-electron chi connectivity index (χ0n) is 13.0. The summed E-state index contributed by atoms with van der Waals surface area (Å²) in [6.45, 7) is 4.12. The lowest BCUT2D eigenvalue weighted by molar-refractivity contribution is -0.131. The highest BCUT2D eigenvalue weighted by molar-refractivity contribution is 6.00. The monoisotopic (exact) mass is 305 g/mol. The van der Waals surface area contributed by atoms with Gasteiger partial charge in [-0.1, -0.05) is 18.2 Å². The molecule has 2 atom stereocenters. The SMILES string of the molecule is CC(C)(NC(=O)C1COC(CN)C1)C(=O)Nc1ccccc1. The third kappa shape index (κ3) is 4.05. The lowest BCUT2D eigenvalue weighted by atomic mass is 9.99. The Morgan fingerprint density at radius 3 is 2.59 bits per heavy atom. The fourth-order valence-electron chi connectivity index (χ4n) is 2.33. The summed E-state index contributed by atoms with van der Waals surface area (Å²) in [5.74, 6) is -0.692. The minimum Gasteiger partial charge on any atom is -0.376 e. The third-order valence-corrected chi connectivity index (χ3v) is 3.75. The van der Waals surface area contributed by atoms with Crippen LogP contribution < -0.4 is 16.4 Å². The Balaban J connectivity index is 1.92. The second-order valence-corrected chi connectivity index (χ2v) is 6.06. The molecule has 6 nitrogen and oxygen atoms in total. The smallest absolute Gasteiger partial charge is 0.249 e. The van der Waals surface area contributed by atoms with Crippen molar-refractivity contribution in [2.75, 3.05) is 18.5 Å². The van der Waals surface area contributed by atoms with Gasteiger partial charge in [0.15, 0.2) is 0 Å². The molecule has 0 aromatic heterocycles. The predicted molar refractivity (Wildman–Crippen MR) is 84.2 cm³/mol. The Bertz CT molecular complexity index is 531. The summed E-state index contributed by atoms with van der Waals surface area (Å²) in [5.41, 5.74) is 5.23. The Morgan fingerprint density at radius 2 is 2.00 bits per heavy atom. The number of hydrogen-bond acceptors (Lipinski definition) is 4. The molecular formula is C16H23N3O3. The van der Waals surface area contributed by atoms with E-state index in [9.17, 15) is 9.59 Å². The van der Waals surface area contributed by atoms with Crippen LogP contribution in [-0.4, -0.2) is 36.6 Å². The number of hydrogen-bond donors (Lipinski definition) is 3. The average Bonchev–Trinajstić information content (AvgIpc) is 2.97. The van der Waals surface area contributed by atoms with Crippen molar-refractivity contribution in [2.45, 2.75) is 31.9 Å². The fraction of sp³-hybridized carbons (Fsp3) is 0.500. The first kappa shape index (κ1) is 16.5. The van der Waals surface area contributed by atoms with Crippen molar-refractivity contribution in [2.24, 2.45) is 11.7 Å². The number of benzene rings is 1. The van der Waals surface area contributed by atoms with Crippen molar-refractivity contribution >= 4 is 17.5 Å². The molecule has 0 saturated carbocycles. The number of nitrogens with two attached hydrogens (primary N) is 1. The number of rotatable bonds is 5. The maximum absolute atomic E-state index is 12.3. The first-order valence-corrected chi connectivity index (χ1v) is 7.42. The minimum absolute atomic E-state index is 0.0722. The highest BCUT2D eigenvalue weighted by Gasteiger charge is 2.35. The van der Waals surface area contributed by atoms with Crippen LogP contribution in [0, 0.1) is 5.92 Å². The molecule has 0 bridgehead atoms. The Hall–Kier alpha value is -1.92. The number of amides is 2. The number of para-hydroxylation sites is 1. The largest absolute Gasteiger partial charge is 0.376 e. The zero-order chi connectivity index (χ0) is 16.2. The van der Waals surface area contributed by atoms with Crippen LogP contribution in [-0.2, 0) is 14.3 Å². The van der Waals surface area contributed by atoms with Crippen LogP contribution in [0.25, 0.3) is 0 Å². The van der Waals surface area contributed by atoms with Gasteiger partial charge in [-0.05, 0) is 32.4 Å². The molecule has 1 aromatic rings. The van der Waals surface area contributed by atoms with Crippen molar-refractivity contribution in [3.8, 4) is 0 Å². The van der Waals surface area contributed by atoms with Crippen molar-refractivity contribution in [3.05, 3.63) is 30.3 Å². The average molecular weight is 305 g/mol. The van der Waals surface area contributed by atoms with Gasteiger partial charge in [0.1, 0.15) is 5.54 Å². The highest BCUT2D eigenvalue weighted by atomic mass is 16.5. The van der Waals surface area contributed by atoms with Gasteiger partial charge in [0.2, 0.25) is 11.8 Å². The van der Waals surface area contributed by atoms with E-state index in [1.54, 1.807) is 26.0 Å². The van der Waals surface area contributed by atoms with Crippen LogP contribution >= 0.6 is 0 Å². The summed E-state index contributed by atoms with van der Waals surface area (Å²) in [6.07, 6.45) is 0.524. The van der Waals surface area contributed by atoms with Crippen molar-refractivity contribution in [1.82, 2.24) is 5.32 Å². The molecule has 0 spiro atoms. The molecule has 0 radical (unpaired) electrons. The number of carbonyl (C=O) groups excluding carboxylic acids is 2.